The Hall–Kier alpha value is -3.39. The van der Waals surface area contributed by atoms with Crippen LogP contribution in [-0.4, -0.2) is 27.6 Å². The van der Waals surface area contributed by atoms with Crippen LogP contribution in [-0.2, 0) is 9.53 Å². The van der Waals surface area contributed by atoms with E-state index in [9.17, 15) is 14.9 Å². The number of nitro benzene ring substituents is 1. The molecule has 1 aliphatic rings. The van der Waals surface area contributed by atoms with Gasteiger partial charge < -0.3 is 10.1 Å². The molecule has 1 aromatic heterocycles. The summed E-state index contributed by atoms with van der Waals surface area (Å²) >= 11 is 6.43. The molecule has 9 heteroatoms. The Balaban J connectivity index is 2.06. The predicted octanol–water partition coefficient (Wildman–Crippen LogP) is 4.06. The van der Waals surface area contributed by atoms with E-state index in [1.807, 2.05) is 24.3 Å². The molecule has 0 saturated carbocycles. The van der Waals surface area contributed by atoms with Gasteiger partial charge in [0, 0.05) is 28.4 Å². The minimum absolute atomic E-state index is 0.120. The Bertz CT molecular complexity index is 1170. The zero-order valence-electron chi connectivity index (χ0n) is 15.0. The molecular weight excluding hydrogens is 384 g/mol. The summed E-state index contributed by atoms with van der Waals surface area (Å²) in [5, 5.41) is 14.7. The van der Waals surface area contributed by atoms with Crippen LogP contribution in [0.15, 0.2) is 53.7 Å². The van der Waals surface area contributed by atoms with Crippen molar-refractivity contribution in [1.82, 2.24) is 9.55 Å². The molecule has 1 aliphatic heterocycles. The number of hydrogen-bond acceptors (Lipinski definition) is 6. The average molecular weight is 399 g/mol. The molecule has 1 N–H and O–H groups in total. The van der Waals surface area contributed by atoms with Gasteiger partial charge in [0.25, 0.3) is 5.69 Å². The van der Waals surface area contributed by atoms with E-state index in [1.165, 1.54) is 25.3 Å². The van der Waals surface area contributed by atoms with Crippen molar-refractivity contribution in [1.29, 1.82) is 0 Å². The Morgan fingerprint density at radius 2 is 2.07 bits per heavy atom. The van der Waals surface area contributed by atoms with Crippen LogP contribution in [0.5, 0.6) is 0 Å². The zero-order chi connectivity index (χ0) is 20.0. The first kappa shape index (κ1) is 18.0. The zero-order valence-corrected chi connectivity index (χ0v) is 15.7. The van der Waals surface area contributed by atoms with Gasteiger partial charge in [-0.05, 0) is 25.1 Å². The standard InChI is InChI=1S/C19H15ClN4O4/c1-10-16(18(25)28-2)17(12-9-11(24(26)27)7-8-13(12)20)23-15-6-4-3-5-14(15)22-19(23)21-10/h3-9,17H,1-2H3,(H,21,22). The van der Waals surface area contributed by atoms with Gasteiger partial charge in [0.05, 0.1) is 34.7 Å². The van der Waals surface area contributed by atoms with Crippen molar-refractivity contribution in [2.75, 3.05) is 12.4 Å². The quantitative estimate of drug-likeness (QED) is 0.405. The largest absolute Gasteiger partial charge is 0.466 e. The van der Waals surface area contributed by atoms with Gasteiger partial charge in [0.15, 0.2) is 0 Å². The van der Waals surface area contributed by atoms with Gasteiger partial charge in [-0.15, -0.1) is 0 Å². The van der Waals surface area contributed by atoms with E-state index in [0.29, 0.717) is 27.8 Å². The number of halogens is 1. The van der Waals surface area contributed by atoms with E-state index < -0.39 is 16.9 Å². The van der Waals surface area contributed by atoms with Gasteiger partial charge in [0.2, 0.25) is 5.95 Å². The van der Waals surface area contributed by atoms with Crippen LogP contribution in [0, 0.1) is 10.1 Å². The maximum absolute atomic E-state index is 12.6. The molecule has 0 bridgehead atoms. The lowest BCUT2D eigenvalue weighted by atomic mass is 9.94. The molecule has 1 unspecified atom stereocenters. The molecule has 28 heavy (non-hydrogen) atoms. The molecule has 0 aliphatic carbocycles. The van der Waals surface area contributed by atoms with E-state index >= 15 is 0 Å². The summed E-state index contributed by atoms with van der Waals surface area (Å²) in [5.41, 5.74) is 2.62. The van der Waals surface area contributed by atoms with Gasteiger partial charge >= 0.3 is 5.97 Å². The maximum Gasteiger partial charge on any atom is 0.337 e. The predicted molar refractivity (Wildman–Crippen MR) is 104 cm³/mol. The highest BCUT2D eigenvalue weighted by Gasteiger charge is 2.36. The number of nitrogens with zero attached hydrogens (tertiary/aromatic N) is 3. The molecule has 0 fully saturated rings. The van der Waals surface area contributed by atoms with Crippen LogP contribution in [0.4, 0.5) is 11.6 Å². The minimum atomic E-state index is -0.733. The van der Waals surface area contributed by atoms with Crippen molar-refractivity contribution in [3.05, 3.63) is 74.4 Å². The number of methoxy groups -OCH3 is 1. The third-order valence-corrected chi connectivity index (χ3v) is 5.07. The molecule has 0 radical (unpaired) electrons. The van der Waals surface area contributed by atoms with Crippen LogP contribution < -0.4 is 5.32 Å². The van der Waals surface area contributed by atoms with E-state index in [2.05, 4.69) is 10.3 Å². The number of carbonyl (C=O) groups is 1. The first-order valence-electron chi connectivity index (χ1n) is 8.39. The summed E-state index contributed by atoms with van der Waals surface area (Å²) in [5.74, 6) is -0.0417. The van der Waals surface area contributed by atoms with Gasteiger partial charge in [-0.3, -0.25) is 14.7 Å². The lowest BCUT2D eigenvalue weighted by Gasteiger charge is -2.30. The number of fused-ring (bicyclic) bond motifs is 3. The number of esters is 1. The van der Waals surface area contributed by atoms with Crippen molar-refractivity contribution in [2.24, 2.45) is 0 Å². The lowest BCUT2D eigenvalue weighted by Crippen LogP contribution is -2.28. The molecule has 4 rings (SSSR count). The monoisotopic (exact) mass is 398 g/mol. The minimum Gasteiger partial charge on any atom is -0.466 e. The number of allylic oxidation sites excluding steroid dienone is 1. The molecular formula is C19H15ClN4O4. The number of nitrogens with one attached hydrogen (secondary N) is 1. The first-order chi connectivity index (χ1) is 13.4. The first-order valence-corrected chi connectivity index (χ1v) is 8.77. The van der Waals surface area contributed by atoms with Crippen molar-refractivity contribution in [3.63, 3.8) is 0 Å². The third kappa shape index (κ3) is 2.69. The number of rotatable bonds is 3. The Morgan fingerprint density at radius 1 is 1.32 bits per heavy atom. The second-order valence-electron chi connectivity index (χ2n) is 6.31. The second kappa shape index (κ2) is 6.65. The summed E-state index contributed by atoms with van der Waals surface area (Å²) < 4.78 is 6.79. The fourth-order valence-corrected chi connectivity index (χ4v) is 3.71. The second-order valence-corrected chi connectivity index (χ2v) is 6.72. The smallest absolute Gasteiger partial charge is 0.337 e. The maximum atomic E-state index is 12.6. The van der Waals surface area contributed by atoms with Crippen molar-refractivity contribution in [3.8, 4) is 0 Å². The SMILES string of the molecule is COC(=O)C1=C(C)Nc2nc3ccccc3n2C1c1cc([N+](=O)[O-])ccc1Cl. The van der Waals surface area contributed by atoms with Gasteiger partial charge in [-0.25, -0.2) is 9.78 Å². The van der Waals surface area contributed by atoms with E-state index in [4.69, 9.17) is 16.3 Å². The van der Waals surface area contributed by atoms with Crippen molar-refractivity contribution < 1.29 is 14.5 Å². The average Bonchev–Trinajstić information content (AvgIpc) is 3.04. The number of nitro groups is 1. The normalized spacial score (nSPS) is 15.9. The lowest BCUT2D eigenvalue weighted by molar-refractivity contribution is -0.384. The summed E-state index contributed by atoms with van der Waals surface area (Å²) in [4.78, 5) is 28.0. The van der Waals surface area contributed by atoms with Crippen LogP contribution >= 0.6 is 11.6 Å². The van der Waals surface area contributed by atoms with Gasteiger partial charge in [-0.2, -0.15) is 0 Å². The van der Waals surface area contributed by atoms with E-state index in [-0.39, 0.29) is 5.69 Å². The molecule has 0 amide bonds. The number of ether oxygens (including phenoxy) is 1. The number of imidazole rings is 1. The molecule has 0 saturated heterocycles. The number of hydrogen-bond donors (Lipinski definition) is 1. The number of carbonyl (C=O) groups excluding carboxylic acids is 1. The Labute approximate surface area is 164 Å². The molecule has 0 spiro atoms. The fraction of sp³-hybridized carbons (Fsp3) is 0.158. The van der Waals surface area contributed by atoms with Crippen molar-refractivity contribution >= 4 is 40.2 Å². The summed E-state index contributed by atoms with van der Waals surface area (Å²) in [6, 6.07) is 10.9. The topological polar surface area (TPSA) is 99.3 Å². The molecule has 8 nitrogen and oxygen atoms in total. The van der Waals surface area contributed by atoms with Crippen LogP contribution in [0.3, 0.4) is 0 Å². The Kier molecular flexibility index (Phi) is 4.27. The third-order valence-electron chi connectivity index (χ3n) is 4.72. The summed E-state index contributed by atoms with van der Waals surface area (Å²) in [7, 11) is 1.29. The molecule has 142 valence electrons. The number of para-hydroxylation sites is 2. The van der Waals surface area contributed by atoms with E-state index in [0.717, 1.165) is 11.0 Å². The van der Waals surface area contributed by atoms with Crippen LogP contribution in [0.25, 0.3) is 11.0 Å². The number of non-ortho nitro benzene ring substituents is 1. The van der Waals surface area contributed by atoms with E-state index in [1.54, 1.807) is 11.5 Å². The fourth-order valence-electron chi connectivity index (χ4n) is 3.49. The molecule has 1 atom stereocenters. The van der Waals surface area contributed by atoms with Gasteiger partial charge in [-0.1, -0.05) is 23.7 Å². The van der Waals surface area contributed by atoms with Crippen LogP contribution in [0.2, 0.25) is 5.02 Å². The summed E-state index contributed by atoms with van der Waals surface area (Å²) in [6.45, 7) is 1.73. The highest BCUT2D eigenvalue weighted by Crippen LogP contribution is 2.42. The number of anilines is 1. The van der Waals surface area contributed by atoms with Crippen LogP contribution in [0.1, 0.15) is 18.5 Å². The van der Waals surface area contributed by atoms with Crippen molar-refractivity contribution in [2.45, 2.75) is 13.0 Å². The summed E-state index contributed by atoms with van der Waals surface area (Å²) in [6.07, 6.45) is 0. The molecule has 2 aromatic carbocycles. The van der Waals surface area contributed by atoms with Gasteiger partial charge in [0.1, 0.15) is 0 Å². The highest BCUT2D eigenvalue weighted by molar-refractivity contribution is 6.31. The number of benzene rings is 2. The molecule has 2 heterocycles. The highest BCUT2D eigenvalue weighted by atomic mass is 35.5. The molecule has 3 aromatic rings. The Morgan fingerprint density at radius 3 is 2.79 bits per heavy atom. The number of aromatic nitrogens is 2.